The van der Waals surface area contributed by atoms with E-state index in [4.69, 9.17) is 5.73 Å². The molecule has 0 spiro atoms. The molecule has 1 unspecified atom stereocenters. The summed E-state index contributed by atoms with van der Waals surface area (Å²) in [5.41, 5.74) is 8.41. The SMILES string of the molecule is CC(C)CCCC(C)NC(N)=NCc1ccc(Cn2ccnc2)cc1. The van der Waals surface area contributed by atoms with Gasteiger partial charge in [-0.25, -0.2) is 9.98 Å². The van der Waals surface area contributed by atoms with E-state index in [1.807, 2.05) is 12.5 Å². The molecule has 0 bridgehead atoms. The largest absolute Gasteiger partial charge is 0.370 e. The lowest BCUT2D eigenvalue weighted by atomic mass is 10.0. The molecule has 0 aliphatic carbocycles. The summed E-state index contributed by atoms with van der Waals surface area (Å²) in [6.45, 7) is 8.11. The first-order valence-corrected chi connectivity index (χ1v) is 9.13. The van der Waals surface area contributed by atoms with Gasteiger partial charge in [-0.2, -0.15) is 0 Å². The first-order chi connectivity index (χ1) is 12.0. The van der Waals surface area contributed by atoms with E-state index in [0.717, 1.165) is 24.4 Å². The van der Waals surface area contributed by atoms with Crippen molar-refractivity contribution in [2.75, 3.05) is 0 Å². The summed E-state index contributed by atoms with van der Waals surface area (Å²) in [7, 11) is 0. The van der Waals surface area contributed by atoms with Gasteiger partial charge in [0.15, 0.2) is 5.96 Å². The maximum atomic E-state index is 6.00. The zero-order chi connectivity index (χ0) is 18.1. The third-order valence-electron chi connectivity index (χ3n) is 4.19. The fraction of sp³-hybridized carbons (Fsp3) is 0.500. The number of aromatic nitrogens is 2. The normalized spacial score (nSPS) is 13.2. The molecule has 2 aromatic rings. The second kappa shape index (κ2) is 9.87. The molecule has 136 valence electrons. The van der Waals surface area contributed by atoms with E-state index >= 15 is 0 Å². The Morgan fingerprint density at radius 2 is 1.88 bits per heavy atom. The van der Waals surface area contributed by atoms with Crippen molar-refractivity contribution in [2.45, 2.75) is 59.2 Å². The highest BCUT2D eigenvalue weighted by Gasteiger charge is 2.04. The average Bonchev–Trinajstić information content (AvgIpc) is 3.07. The second-order valence-electron chi connectivity index (χ2n) is 7.12. The number of benzene rings is 1. The van der Waals surface area contributed by atoms with Crippen LogP contribution in [0.15, 0.2) is 48.0 Å². The van der Waals surface area contributed by atoms with Crippen molar-refractivity contribution in [3.8, 4) is 0 Å². The lowest BCUT2D eigenvalue weighted by Crippen LogP contribution is -2.38. The Labute approximate surface area is 151 Å². The van der Waals surface area contributed by atoms with Gasteiger partial charge in [-0.3, -0.25) is 0 Å². The zero-order valence-corrected chi connectivity index (χ0v) is 15.7. The number of guanidine groups is 1. The first-order valence-electron chi connectivity index (χ1n) is 9.13. The van der Waals surface area contributed by atoms with Crippen LogP contribution in [0.5, 0.6) is 0 Å². The van der Waals surface area contributed by atoms with E-state index in [1.54, 1.807) is 6.20 Å². The Bertz CT molecular complexity index is 629. The van der Waals surface area contributed by atoms with Crippen LogP contribution in [0.25, 0.3) is 0 Å². The molecule has 0 saturated carbocycles. The first kappa shape index (κ1) is 19.0. The van der Waals surface area contributed by atoms with E-state index in [9.17, 15) is 0 Å². The van der Waals surface area contributed by atoms with E-state index in [2.05, 4.69) is 64.9 Å². The van der Waals surface area contributed by atoms with Crippen LogP contribution in [0.4, 0.5) is 0 Å². The van der Waals surface area contributed by atoms with Gasteiger partial charge in [-0.05, 0) is 30.4 Å². The van der Waals surface area contributed by atoms with Gasteiger partial charge in [0.1, 0.15) is 0 Å². The summed E-state index contributed by atoms with van der Waals surface area (Å²) in [5.74, 6) is 1.29. The summed E-state index contributed by atoms with van der Waals surface area (Å²) in [6.07, 6.45) is 9.19. The van der Waals surface area contributed by atoms with Crippen molar-refractivity contribution in [3.05, 3.63) is 54.1 Å². The fourth-order valence-corrected chi connectivity index (χ4v) is 2.72. The van der Waals surface area contributed by atoms with Gasteiger partial charge >= 0.3 is 0 Å². The smallest absolute Gasteiger partial charge is 0.189 e. The topological polar surface area (TPSA) is 68.2 Å². The molecule has 5 heteroatoms. The molecule has 1 atom stereocenters. The van der Waals surface area contributed by atoms with Crippen molar-refractivity contribution in [2.24, 2.45) is 16.6 Å². The van der Waals surface area contributed by atoms with Crippen LogP contribution in [0, 0.1) is 5.92 Å². The van der Waals surface area contributed by atoms with Gasteiger partial charge in [-0.1, -0.05) is 51.0 Å². The lowest BCUT2D eigenvalue weighted by molar-refractivity contribution is 0.493. The molecule has 1 heterocycles. The van der Waals surface area contributed by atoms with Crippen LogP contribution < -0.4 is 11.1 Å². The highest BCUT2D eigenvalue weighted by molar-refractivity contribution is 5.78. The van der Waals surface area contributed by atoms with Crippen LogP contribution in [0.2, 0.25) is 0 Å². The van der Waals surface area contributed by atoms with Crippen LogP contribution in [-0.2, 0) is 13.1 Å². The van der Waals surface area contributed by atoms with Gasteiger partial charge in [0.05, 0.1) is 12.9 Å². The van der Waals surface area contributed by atoms with Crippen LogP contribution in [0.1, 0.15) is 51.2 Å². The van der Waals surface area contributed by atoms with E-state index in [0.29, 0.717) is 18.5 Å². The molecule has 0 aliphatic heterocycles. The van der Waals surface area contributed by atoms with Crippen LogP contribution >= 0.6 is 0 Å². The predicted octanol–water partition coefficient (Wildman–Crippen LogP) is 3.55. The fourth-order valence-electron chi connectivity index (χ4n) is 2.72. The maximum Gasteiger partial charge on any atom is 0.189 e. The predicted molar refractivity (Wildman–Crippen MR) is 104 cm³/mol. The van der Waals surface area contributed by atoms with Crippen LogP contribution in [-0.4, -0.2) is 21.6 Å². The van der Waals surface area contributed by atoms with Gasteiger partial charge in [0.25, 0.3) is 0 Å². The van der Waals surface area contributed by atoms with E-state index < -0.39 is 0 Å². The van der Waals surface area contributed by atoms with Crippen molar-refractivity contribution >= 4 is 5.96 Å². The van der Waals surface area contributed by atoms with Crippen LogP contribution in [0.3, 0.4) is 0 Å². The highest BCUT2D eigenvalue weighted by Crippen LogP contribution is 2.09. The number of hydrogen-bond acceptors (Lipinski definition) is 2. The molecule has 0 amide bonds. The standard InChI is InChI=1S/C20H31N5/c1-16(2)5-4-6-17(3)24-20(21)23-13-18-7-9-19(10-8-18)14-25-12-11-22-15-25/h7-12,15-17H,4-6,13-14H2,1-3H3,(H3,21,23,24). The summed E-state index contributed by atoms with van der Waals surface area (Å²) in [6, 6.07) is 8.83. The molecule has 0 saturated heterocycles. The Kier molecular flexibility index (Phi) is 7.51. The molecule has 3 N–H and O–H groups in total. The third kappa shape index (κ3) is 7.42. The van der Waals surface area contributed by atoms with Crippen molar-refractivity contribution in [1.82, 2.24) is 14.9 Å². The number of nitrogens with zero attached hydrogens (tertiary/aromatic N) is 3. The molecule has 0 radical (unpaired) electrons. The van der Waals surface area contributed by atoms with E-state index in [-0.39, 0.29) is 0 Å². The quantitative estimate of drug-likeness (QED) is 0.541. The Hall–Kier alpha value is -2.30. The molecular weight excluding hydrogens is 310 g/mol. The molecule has 5 nitrogen and oxygen atoms in total. The Morgan fingerprint density at radius 3 is 2.52 bits per heavy atom. The van der Waals surface area contributed by atoms with E-state index in [1.165, 1.54) is 18.4 Å². The summed E-state index contributed by atoms with van der Waals surface area (Å²) in [4.78, 5) is 8.51. The number of hydrogen-bond donors (Lipinski definition) is 2. The van der Waals surface area contributed by atoms with Gasteiger partial charge in [-0.15, -0.1) is 0 Å². The van der Waals surface area contributed by atoms with Crippen molar-refractivity contribution < 1.29 is 0 Å². The Balaban J connectivity index is 1.76. The minimum Gasteiger partial charge on any atom is -0.370 e. The summed E-state index contributed by atoms with van der Waals surface area (Å²) >= 11 is 0. The molecule has 0 fully saturated rings. The molecule has 2 rings (SSSR count). The zero-order valence-electron chi connectivity index (χ0n) is 15.7. The second-order valence-corrected chi connectivity index (χ2v) is 7.12. The molecule has 25 heavy (non-hydrogen) atoms. The molecular formula is C20H31N5. The third-order valence-corrected chi connectivity index (χ3v) is 4.19. The number of nitrogens with two attached hydrogens (primary N) is 1. The molecule has 0 aliphatic rings. The number of imidazole rings is 1. The summed E-state index contributed by atoms with van der Waals surface area (Å²) in [5, 5.41) is 3.28. The average molecular weight is 342 g/mol. The maximum absolute atomic E-state index is 6.00. The highest BCUT2D eigenvalue weighted by atomic mass is 15.1. The van der Waals surface area contributed by atoms with Gasteiger partial charge < -0.3 is 15.6 Å². The van der Waals surface area contributed by atoms with Crippen molar-refractivity contribution in [1.29, 1.82) is 0 Å². The van der Waals surface area contributed by atoms with Gasteiger partial charge in [0, 0.05) is 25.0 Å². The minimum absolute atomic E-state index is 0.361. The lowest BCUT2D eigenvalue weighted by Gasteiger charge is -2.15. The number of nitrogens with one attached hydrogen (secondary N) is 1. The molecule has 1 aromatic carbocycles. The van der Waals surface area contributed by atoms with Crippen molar-refractivity contribution in [3.63, 3.8) is 0 Å². The number of aliphatic imine (C=N–C) groups is 1. The molecule has 1 aromatic heterocycles. The van der Waals surface area contributed by atoms with Gasteiger partial charge in [0.2, 0.25) is 0 Å². The Morgan fingerprint density at radius 1 is 1.16 bits per heavy atom. The minimum atomic E-state index is 0.361. The number of rotatable bonds is 9. The summed E-state index contributed by atoms with van der Waals surface area (Å²) < 4.78 is 2.05. The monoisotopic (exact) mass is 341 g/mol.